The molecule has 0 spiro atoms. The Bertz CT molecular complexity index is 456. The number of hydrogen-bond donors (Lipinski definition) is 1. The van der Waals surface area contributed by atoms with Gasteiger partial charge in [0, 0.05) is 0 Å². The Labute approximate surface area is 123 Å². The largest absolute Gasteiger partial charge is 0.388 e. The van der Waals surface area contributed by atoms with Gasteiger partial charge in [0.1, 0.15) is 0 Å². The maximum absolute atomic E-state index is 10.9. The molecule has 0 radical (unpaired) electrons. The van der Waals surface area contributed by atoms with Crippen molar-refractivity contribution >= 4 is 0 Å². The zero-order valence-corrected chi connectivity index (χ0v) is 13.2. The maximum Gasteiger partial charge on any atom is 0.0823 e. The first-order chi connectivity index (χ1) is 9.67. The Morgan fingerprint density at radius 1 is 0.950 bits per heavy atom. The fourth-order valence-electron chi connectivity index (χ4n) is 4.28. The smallest absolute Gasteiger partial charge is 0.0823 e. The van der Waals surface area contributed by atoms with E-state index in [0.29, 0.717) is 5.92 Å². The highest BCUT2D eigenvalue weighted by Crippen LogP contribution is 2.57. The minimum Gasteiger partial charge on any atom is -0.388 e. The van der Waals surface area contributed by atoms with Gasteiger partial charge in [0.25, 0.3) is 0 Å². The second-order valence-electron chi connectivity index (χ2n) is 6.82. The second-order valence-corrected chi connectivity index (χ2v) is 6.82. The zero-order valence-electron chi connectivity index (χ0n) is 13.2. The lowest BCUT2D eigenvalue weighted by Crippen LogP contribution is -2.15. The molecule has 0 saturated heterocycles. The molecular weight excluding hydrogens is 244 g/mol. The van der Waals surface area contributed by atoms with Gasteiger partial charge in [-0.3, -0.25) is 0 Å². The standard InChI is InChI=1S/C19H28O/c1-4-12-7-13(5-2)18(14(6-3)8-12)19(20)17-10-15-9-16(15)11-17/h7-8,15-17,19-20H,4-6,9-11H2,1-3H3. The quantitative estimate of drug-likeness (QED) is 0.839. The summed E-state index contributed by atoms with van der Waals surface area (Å²) in [6, 6.07) is 4.65. The molecule has 0 aliphatic heterocycles. The van der Waals surface area contributed by atoms with Crippen LogP contribution in [-0.4, -0.2) is 5.11 Å². The molecule has 0 aromatic heterocycles. The summed E-state index contributed by atoms with van der Waals surface area (Å²) in [5.74, 6) is 2.40. The van der Waals surface area contributed by atoms with Crippen molar-refractivity contribution in [3.63, 3.8) is 0 Å². The molecule has 1 N–H and O–H groups in total. The van der Waals surface area contributed by atoms with E-state index in [4.69, 9.17) is 0 Å². The second kappa shape index (κ2) is 5.52. The Kier molecular flexibility index (Phi) is 3.90. The van der Waals surface area contributed by atoms with Gasteiger partial charge >= 0.3 is 0 Å². The van der Waals surface area contributed by atoms with Crippen molar-refractivity contribution in [2.75, 3.05) is 0 Å². The van der Waals surface area contributed by atoms with Gasteiger partial charge < -0.3 is 5.11 Å². The van der Waals surface area contributed by atoms with Gasteiger partial charge in [0.2, 0.25) is 0 Å². The number of aliphatic hydroxyl groups excluding tert-OH is 1. The van der Waals surface area contributed by atoms with Crippen LogP contribution in [0.5, 0.6) is 0 Å². The Hall–Kier alpha value is -0.820. The number of hydrogen-bond acceptors (Lipinski definition) is 1. The van der Waals surface area contributed by atoms with Crippen LogP contribution in [0.1, 0.15) is 68.4 Å². The van der Waals surface area contributed by atoms with E-state index >= 15 is 0 Å². The summed E-state index contributed by atoms with van der Waals surface area (Å²) in [6.07, 6.45) is 6.88. The topological polar surface area (TPSA) is 20.2 Å². The van der Waals surface area contributed by atoms with Crippen molar-refractivity contribution in [3.05, 3.63) is 34.4 Å². The van der Waals surface area contributed by atoms with Gasteiger partial charge in [-0.2, -0.15) is 0 Å². The van der Waals surface area contributed by atoms with E-state index in [9.17, 15) is 5.11 Å². The molecule has 110 valence electrons. The van der Waals surface area contributed by atoms with Crippen LogP contribution in [0.2, 0.25) is 0 Å². The molecule has 2 aliphatic carbocycles. The molecular formula is C19H28O. The van der Waals surface area contributed by atoms with Crippen molar-refractivity contribution in [1.29, 1.82) is 0 Å². The van der Waals surface area contributed by atoms with Crippen LogP contribution in [0.4, 0.5) is 0 Å². The van der Waals surface area contributed by atoms with Crippen molar-refractivity contribution in [3.8, 4) is 0 Å². The lowest BCUT2D eigenvalue weighted by molar-refractivity contribution is 0.103. The van der Waals surface area contributed by atoms with Crippen molar-refractivity contribution in [2.45, 2.75) is 65.4 Å². The third kappa shape index (κ3) is 2.41. The summed E-state index contributed by atoms with van der Waals surface area (Å²) in [5.41, 5.74) is 5.46. The molecule has 2 fully saturated rings. The molecule has 2 aliphatic rings. The minimum absolute atomic E-state index is 0.224. The van der Waals surface area contributed by atoms with Crippen LogP contribution >= 0.6 is 0 Å². The van der Waals surface area contributed by atoms with Gasteiger partial charge in [-0.1, -0.05) is 32.9 Å². The fourth-order valence-corrected chi connectivity index (χ4v) is 4.28. The van der Waals surface area contributed by atoms with Crippen LogP contribution < -0.4 is 0 Å². The number of fused-ring (bicyclic) bond motifs is 1. The molecule has 20 heavy (non-hydrogen) atoms. The van der Waals surface area contributed by atoms with Gasteiger partial charge in [-0.15, -0.1) is 0 Å². The molecule has 3 rings (SSSR count). The molecule has 1 aromatic carbocycles. The molecule has 2 saturated carbocycles. The first kappa shape index (κ1) is 14.1. The third-order valence-corrected chi connectivity index (χ3v) is 5.60. The van der Waals surface area contributed by atoms with Gasteiger partial charge in [-0.05, 0) is 78.5 Å². The summed E-state index contributed by atoms with van der Waals surface area (Å²) in [5, 5.41) is 10.9. The average Bonchev–Trinajstić information content (AvgIpc) is 3.10. The molecule has 1 aromatic rings. The number of benzene rings is 1. The highest BCUT2D eigenvalue weighted by molar-refractivity contribution is 5.41. The van der Waals surface area contributed by atoms with Crippen LogP contribution in [0.15, 0.2) is 12.1 Å². The van der Waals surface area contributed by atoms with Crippen molar-refractivity contribution in [1.82, 2.24) is 0 Å². The van der Waals surface area contributed by atoms with E-state index < -0.39 is 0 Å². The summed E-state index contributed by atoms with van der Waals surface area (Å²) in [6.45, 7) is 6.65. The van der Waals surface area contributed by atoms with E-state index in [-0.39, 0.29) is 6.10 Å². The Morgan fingerprint density at radius 2 is 1.50 bits per heavy atom. The first-order valence-electron chi connectivity index (χ1n) is 8.50. The fraction of sp³-hybridized carbons (Fsp3) is 0.684. The zero-order chi connectivity index (χ0) is 14.3. The van der Waals surface area contributed by atoms with Crippen molar-refractivity contribution < 1.29 is 5.11 Å². The lowest BCUT2D eigenvalue weighted by atomic mass is 9.84. The number of rotatable bonds is 5. The minimum atomic E-state index is -0.224. The number of aliphatic hydroxyl groups is 1. The Morgan fingerprint density at radius 3 is 1.95 bits per heavy atom. The van der Waals surface area contributed by atoms with Gasteiger partial charge in [-0.25, -0.2) is 0 Å². The molecule has 0 bridgehead atoms. The predicted molar refractivity (Wildman–Crippen MR) is 83.9 cm³/mol. The Balaban J connectivity index is 1.93. The third-order valence-electron chi connectivity index (χ3n) is 5.60. The summed E-state index contributed by atoms with van der Waals surface area (Å²) in [7, 11) is 0. The van der Waals surface area contributed by atoms with Crippen LogP contribution in [0.25, 0.3) is 0 Å². The summed E-state index contributed by atoms with van der Waals surface area (Å²) >= 11 is 0. The average molecular weight is 272 g/mol. The van der Waals surface area contributed by atoms with Crippen LogP contribution in [0.3, 0.4) is 0 Å². The van der Waals surface area contributed by atoms with Gasteiger partial charge in [0.15, 0.2) is 0 Å². The normalized spacial score (nSPS) is 29.3. The summed E-state index contributed by atoms with van der Waals surface area (Å²) < 4.78 is 0. The van der Waals surface area contributed by atoms with E-state index in [1.54, 1.807) is 0 Å². The molecule has 1 heteroatoms. The number of aryl methyl sites for hydroxylation is 3. The van der Waals surface area contributed by atoms with Crippen molar-refractivity contribution in [2.24, 2.45) is 17.8 Å². The van der Waals surface area contributed by atoms with E-state index in [1.807, 2.05) is 0 Å². The molecule has 3 unspecified atom stereocenters. The van der Waals surface area contributed by atoms with Crippen LogP contribution in [-0.2, 0) is 19.3 Å². The van der Waals surface area contributed by atoms with E-state index in [2.05, 4.69) is 32.9 Å². The lowest BCUT2D eigenvalue weighted by Gasteiger charge is -2.25. The predicted octanol–water partition coefficient (Wildman–Crippen LogP) is 4.45. The molecule has 3 atom stereocenters. The van der Waals surface area contributed by atoms with Gasteiger partial charge in [0.05, 0.1) is 6.10 Å². The molecule has 0 heterocycles. The van der Waals surface area contributed by atoms with E-state index in [1.165, 1.54) is 41.5 Å². The first-order valence-corrected chi connectivity index (χ1v) is 8.50. The van der Waals surface area contributed by atoms with Crippen LogP contribution in [0, 0.1) is 17.8 Å². The maximum atomic E-state index is 10.9. The molecule has 0 amide bonds. The monoisotopic (exact) mass is 272 g/mol. The van der Waals surface area contributed by atoms with E-state index in [0.717, 1.165) is 31.1 Å². The molecule has 1 nitrogen and oxygen atoms in total. The highest BCUT2D eigenvalue weighted by Gasteiger charge is 2.48. The highest BCUT2D eigenvalue weighted by atomic mass is 16.3. The summed E-state index contributed by atoms with van der Waals surface area (Å²) in [4.78, 5) is 0. The SMILES string of the molecule is CCc1cc(CC)c(C(O)C2CC3CC3C2)c(CC)c1.